The molecule has 2 heterocycles. The van der Waals surface area contributed by atoms with Crippen LogP contribution in [0, 0.1) is 0 Å². The van der Waals surface area contributed by atoms with Gasteiger partial charge in [-0.15, -0.1) is 26.3 Å². The van der Waals surface area contributed by atoms with Gasteiger partial charge in [-0.3, -0.25) is 11.5 Å². The highest BCUT2D eigenvalue weighted by Crippen LogP contribution is 2.29. The van der Waals surface area contributed by atoms with Crippen molar-refractivity contribution in [1.29, 1.82) is 0 Å². The van der Waals surface area contributed by atoms with Crippen LogP contribution in [0.15, 0.2) is 36.4 Å². The molecule has 18 heteroatoms. The first-order valence-corrected chi connectivity index (χ1v) is 10.5. The summed E-state index contributed by atoms with van der Waals surface area (Å²) >= 11 is 2.33. The number of carboxylic acid groups (broad SMARTS) is 2. The Labute approximate surface area is 203 Å². The second-order valence-corrected chi connectivity index (χ2v) is 8.34. The highest BCUT2D eigenvalue weighted by molar-refractivity contribution is 7.21. The van der Waals surface area contributed by atoms with Crippen molar-refractivity contribution >= 4 is 65.3 Å². The Kier molecular flexibility index (Phi) is 8.70. The first-order chi connectivity index (χ1) is 16.5. The summed E-state index contributed by atoms with van der Waals surface area (Å²) in [5, 5.41) is 18.7. The van der Waals surface area contributed by atoms with Crippen molar-refractivity contribution in [3.8, 4) is 11.5 Å². The largest absolute Gasteiger partial charge is 0.573 e. The van der Waals surface area contributed by atoms with Gasteiger partial charge >= 0.3 is 23.0 Å². The van der Waals surface area contributed by atoms with E-state index in [4.69, 9.17) is 31.3 Å². The number of thiazole rings is 2. The molecule has 0 bridgehead atoms. The molecule has 0 amide bonds. The molecule has 36 heavy (non-hydrogen) atoms. The average molecular weight is 558 g/mol. The van der Waals surface area contributed by atoms with Gasteiger partial charge in [-0.1, -0.05) is 0 Å². The lowest BCUT2D eigenvalue weighted by Crippen LogP contribution is -2.42. The van der Waals surface area contributed by atoms with Crippen LogP contribution in [0.3, 0.4) is 0 Å². The number of carboxylic acids is 2. The van der Waals surface area contributed by atoms with E-state index in [9.17, 15) is 26.3 Å². The van der Waals surface area contributed by atoms with Gasteiger partial charge in [0.25, 0.3) is 0 Å². The first kappa shape index (κ1) is 28.2. The number of nitrogens with two attached hydrogens (primary N) is 2. The van der Waals surface area contributed by atoms with Gasteiger partial charge < -0.3 is 29.3 Å². The fourth-order valence-electron chi connectivity index (χ4n) is 2.33. The van der Waals surface area contributed by atoms with E-state index in [0.717, 1.165) is 0 Å². The maximum Gasteiger partial charge on any atom is 0.573 e. The van der Waals surface area contributed by atoms with Gasteiger partial charge in [0, 0.05) is 12.1 Å². The molecule has 0 saturated carbocycles. The number of aliphatic carboxylic acids is 2. The van der Waals surface area contributed by atoms with Gasteiger partial charge in [0.2, 0.25) is 0 Å². The Balaban J connectivity index is 0.000000208. The SMILES string of the molecule is Nc1[nH+]c2ccc(OC(F)(F)F)cc2s1.Nc1[nH+]c2ccc(OC(F)(F)F)cc2s1.O=C([O-])C(=O)[O-]. The predicted molar refractivity (Wildman–Crippen MR) is 109 cm³/mol. The summed E-state index contributed by atoms with van der Waals surface area (Å²) in [6, 6.07) is 8.03. The van der Waals surface area contributed by atoms with Crippen molar-refractivity contribution in [2.75, 3.05) is 11.5 Å². The molecule has 0 unspecified atom stereocenters. The Morgan fingerprint density at radius 3 is 1.33 bits per heavy atom. The van der Waals surface area contributed by atoms with Crippen LogP contribution in [0.4, 0.5) is 36.6 Å². The van der Waals surface area contributed by atoms with Gasteiger partial charge in [-0.25, -0.2) is 9.97 Å². The minimum atomic E-state index is -4.67. The molecule has 4 rings (SSSR count). The molecule has 4 aromatic rings. The number of ether oxygens (including phenoxy) is 2. The molecule has 0 spiro atoms. The molecule has 2 aromatic carbocycles. The Morgan fingerprint density at radius 1 is 0.722 bits per heavy atom. The maximum absolute atomic E-state index is 11.9. The summed E-state index contributed by atoms with van der Waals surface area (Å²) in [6.07, 6.45) is -9.33. The van der Waals surface area contributed by atoms with Crippen LogP contribution in [0.2, 0.25) is 0 Å². The summed E-state index contributed by atoms with van der Waals surface area (Å²) < 4.78 is 80.2. The zero-order valence-corrected chi connectivity index (χ0v) is 18.8. The molecular weight excluding hydrogens is 546 g/mol. The van der Waals surface area contributed by atoms with E-state index in [-0.39, 0.29) is 11.5 Å². The summed E-state index contributed by atoms with van der Waals surface area (Å²) in [5.41, 5.74) is 12.3. The van der Waals surface area contributed by atoms with Crippen molar-refractivity contribution in [2.45, 2.75) is 12.7 Å². The van der Waals surface area contributed by atoms with Gasteiger partial charge in [-0.2, -0.15) is 0 Å². The maximum atomic E-state index is 11.9. The van der Waals surface area contributed by atoms with Crippen molar-refractivity contribution in [3.63, 3.8) is 0 Å². The standard InChI is InChI=1S/2C8H5F3N2OS.C2H2O4/c2*9-8(10,11)14-4-1-2-5-6(3-4)15-7(12)13-5;3-1(4)2(5)6/h2*1-3H,(H2,12,13);(H,3,4)(H,5,6). The van der Waals surface area contributed by atoms with E-state index >= 15 is 0 Å². The van der Waals surface area contributed by atoms with Crippen LogP contribution in [-0.4, -0.2) is 24.7 Å². The predicted octanol–water partition coefficient (Wildman–Crippen LogP) is 0.879. The number of fused-ring (bicyclic) bond motifs is 2. The summed E-state index contributed by atoms with van der Waals surface area (Å²) in [7, 11) is 0. The van der Waals surface area contributed by atoms with Crippen molar-refractivity contribution in [3.05, 3.63) is 36.4 Å². The van der Waals surface area contributed by atoms with E-state index in [1.54, 1.807) is 0 Å². The summed E-state index contributed by atoms with van der Waals surface area (Å²) in [4.78, 5) is 23.5. The number of H-pyrrole nitrogens is 2. The molecule has 0 aliphatic heterocycles. The molecule has 2 aromatic heterocycles. The smallest absolute Gasteiger partial charge is 0.543 e. The normalized spacial score (nSPS) is 11.2. The van der Waals surface area contributed by atoms with Crippen molar-refractivity contribution < 1.29 is 65.6 Å². The first-order valence-electron chi connectivity index (χ1n) is 8.89. The van der Waals surface area contributed by atoms with E-state index in [1.807, 2.05) is 0 Å². The number of hydrogen-bond donors (Lipinski definition) is 2. The van der Waals surface area contributed by atoms with E-state index in [1.165, 1.54) is 59.1 Å². The number of nitrogen functional groups attached to an aromatic ring is 2. The molecule has 0 aliphatic carbocycles. The Bertz CT molecular complexity index is 1270. The van der Waals surface area contributed by atoms with Gasteiger partial charge in [-0.05, 0) is 46.9 Å². The molecule has 0 aliphatic rings. The van der Waals surface area contributed by atoms with Crippen LogP contribution in [0.25, 0.3) is 20.4 Å². The molecule has 0 atom stereocenters. The molecule has 10 nitrogen and oxygen atoms in total. The quantitative estimate of drug-likeness (QED) is 0.269. The number of benzene rings is 2. The van der Waals surface area contributed by atoms with Crippen LogP contribution < -0.4 is 41.1 Å². The average Bonchev–Trinajstić information content (AvgIpc) is 3.26. The van der Waals surface area contributed by atoms with Crippen LogP contribution >= 0.6 is 22.7 Å². The zero-order chi connectivity index (χ0) is 27.3. The number of anilines is 2. The Morgan fingerprint density at radius 2 is 1.06 bits per heavy atom. The lowest BCUT2D eigenvalue weighted by Gasteiger charge is -2.07. The highest BCUT2D eigenvalue weighted by Gasteiger charge is 2.32. The third kappa shape index (κ3) is 9.29. The van der Waals surface area contributed by atoms with Crippen LogP contribution in [-0.2, 0) is 9.59 Å². The molecule has 194 valence electrons. The number of halogens is 6. The Hall–Kier alpha value is -4.06. The second-order valence-electron chi connectivity index (χ2n) is 6.17. The third-order valence-electron chi connectivity index (χ3n) is 3.50. The van der Waals surface area contributed by atoms with Gasteiger partial charge in [0.05, 0.1) is 21.3 Å². The van der Waals surface area contributed by atoms with E-state index in [0.29, 0.717) is 30.7 Å². The van der Waals surface area contributed by atoms with Crippen molar-refractivity contribution in [1.82, 2.24) is 0 Å². The number of alkyl halides is 6. The van der Waals surface area contributed by atoms with Gasteiger partial charge in [0.15, 0.2) is 0 Å². The van der Waals surface area contributed by atoms with Crippen LogP contribution in [0.5, 0.6) is 11.5 Å². The van der Waals surface area contributed by atoms with Crippen molar-refractivity contribution in [2.24, 2.45) is 0 Å². The number of rotatable bonds is 2. The molecule has 6 N–H and O–H groups in total. The zero-order valence-electron chi connectivity index (χ0n) is 17.2. The number of carbonyl (C=O) groups is 2. The molecule has 0 radical (unpaired) electrons. The van der Waals surface area contributed by atoms with E-state index in [2.05, 4.69) is 19.4 Å². The molecule has 0 saturated heterocycles. The van der Waals surface area contributed by atoms with Crippen LogP contribution in [0.1, 0.15) is 0 Å². The highest BCUT2D eigenvalue weighted by atomic mass is 32.1. The molecule has 0 fully saturated rings. The second kappa shape index (κ2) is 11.1. The number of hydrogen-bond acceptors (Lipinski definition) is 10. The fraction of sp³-hybridized carbons (Fsp3) is 0.111. The fourth-order valence-corrected chi connectivity index (χ4v) is 3.93. The monoisotopic (exact) mass is 558 g/mol. The molecular formula is C18H12F6N4O6S2. The summed E-state index contributed by atoms with van der Waals surface area (Å²) in [6.45, 7) is 0. The lowest BCUT2D eigenvalue weighted by atomic mass is 10.3. The van der Waals surface area contributed by atoms with Gasteiger partial charge in [0.1, 0.15) is 22.5 Å². The number of nitrogens with one attached hydrogen (secondary N) is 2. The van der Waals surface area contributed by atoms with E-state index < -0.39 is 24.7 Å². The minimum absolute atomic E-state index is 0.245. The minimum Gasteiger partial charge on any atom is -0.543 e. The lowest BCUT2D eigenvalue weighted by molar-refractivity contribution is -0.345. The topological polar surface area (TPSA) is 179 Å². The number of aromatic nitrogens is 2. The summed E-state index contributed by atoms with van der Waals surface area (Å²) in [5.74, 6) is -4.86. The number of aromatic amines is 2. The number of carbonyl (C=O) groups excluding carboxylic acids is 2. The third-order valence-corrected chi connectivity index (χ3v) is 5.25.